The predicted octanol–water partition coefficient (Wildman–Crippen LogP) is 3.76. The fourth-order valence-corrected chi connectivity index (χ4v) is 3.76. The van der Waals surface area contributed by atoms with Crippen LogP contribution >= 0.6 is 11.3 Å². The second-order valence-electron chi connectivity index (χ2n) is 6.87. The van der Waals surface area contributed by atoms with Crippen LogP contribution in [0, 0.1) is 13.8 Å². The highest BCUT2D eigenvalue weighted by atomic mass is 32.1. The number of aromatic amines is 1. The lowest BCUT2D eigenvalue weighted by atomic mass is 10.1. The summed E-state index contributed by atoms with van der Waals surface area (Å²) in [4.78, 5) is 18.8. The fourth-order valence-electron chi connectivity index (χ4n) is 3.10. The molecule has 0 saturated heterocycles. The summed E-state index contributed by atoms with van der Waals surface area (Å²) in [7, 11) is 1.79. The lowest BCUT2D eigenvalue weighted by Crippen LogP contribution is -2.26. The molecule has 3 aromatic heterocycles. The molecule has 0 aliphatic rings. The van der Waals surface area contributed by atoms with Gasteiger partial charge in [-0.25, -0.2) is 4.98 Å². The smallest absolute Gasteiger partial charge is 0.274 e. The van der Waals surface area contributed by atoms with E-state index in [-0.39, 0.29) is 5.91 Å². The van der Waals surface area contributed by atoms with Crippen molar-refractivity contribution in [2.24, 2.45) is 0 Å². The molecule has 1 N–H and O–H groups in total. The number of aromatic nitrogens is 4. The van der Waals surface area contributed by atoms with Gasteiger partial charge in [0.15, 0.2) is 0 Å². The summed E-state index contributed by atoms with van der Waals surface area (Å²) in [6.45, 7) is 5.36. The van der Waals surface area contributed by atoms with Crippen molar-refractivity contribution in [3.8, 4) is 0 Å². The zero-order valence-electron chi connectivity index (χ0n) is 15.6. The van der Waals surface area contributed by atoms with Gasteiger partial charge in [0.2, 0.25) is 0 Å². The van der Waals surface area contributed by atoms with Crippen LogP contribution in [0.2, 0.25) is 0 Å². The molecule has 0 atom stereocenters. The largest absolute Gasteiger partial charge is 0.336 e. The van der Waals surface area contributed by atoms with Gasteiger partial charge in [-0.2, -0.15) is 16.4 Å². The van der Waals surface area contributed by atoms with Crippen molar-refractivity contribution in [1.29, 1.82) is 0 Å². The molecule has 1 amide bonds. The van der Waals surface area contributed by atoms with Crippen LogP contribution in [0.5, 0.6) is 0 Å². The zero-order chi connectivity index (χ0) is 19.0. The minimum atomic E-state index is -0.0920. The maximum absolute atomic E-state index is 12.6. The molecular weight excluding hydrogens is 358 g/mol. The van der Waals surface area contributed by atoms with E-state index in [1.54, 1.807) is 23.3 Å². The standard InChI is InChI=1S/C20H21N5OS/c1-13-6-17-19(7-14(13)2)25(12-21-17)10-16-8-18(23-22-16)20(26)24(3)9-15-4-5-27-11-15/h4-8,11-12H,9-10H2,1-3H3,(H,22,23). The predicted molar refractivity (Wildman–Crippen MR) is 107 cm³/mol. The van der Waals surface area contributed by atoms with E-state index in [0.29, 0.717) is 18.8 Å². The number of nitrogens with zero attached hydrogens (tertiary/aromatic N) is 4. The number of H-pyrrole nitrogens is 1. The second-order valence-corrected chi connectivity index (χ2v) is 7.65. The number of carbonyl (C=O) groups excluding carboxylic acids is 1. The quantitative estimate of drug-likeness (QED) is 0.574. The summed E-state index contributed by atoms with van der Waals surface area (Å²) in [5, 5.41) is 11.3. The Balaban J connectivity index is 1.51. The third-order valence-electron chi connectivity index (χ3n) is 4.77. The number of aryl methyl sites for hydroxylation is 2. The van der Waals surface area contributed by atoms with Gasteiger partial charge in [0.05, 0.1) is 29.6 Å². The molecule has 7 heteroatoms. The Morgan fingerprint density at radius 2 is 2.07 bits per heavy atom. The highest BCUT2D eigenvalue weighted by molar-refractivity contribution is 7.07. The van der Waals surface area contributed by atoms with Crippen molar-refractivity contribution in [3.63, 3.8) is 0 Å². The first-order valence-electron chi connectivity index (χ1n) is 8.74. The fraction of sp³-hybridized carbons (Fsp3) is 0.250. The topological polar surface area (TPSA) is 66.8 Å². The molecule has 4 aromatic rings. The maximum atomic E-state index is 12.6. The van der Waals surface area contributed by atoms with Crippen molar-refractivity contribution < 1.29 is 4.79 Å². The number of hydrogen-bond donors (Lipinski definition) is 1. The van der Waals surface area contributed by atoms with Gasteiger partial charge >= 0.3 is 0 Å². The van der Waals surface area contributed by atoms with Crippen LogP contribution in [0.1, 0.15) is 32.9 Å². The second kappa shape index (κ2) is 7.00. The number of benzene rings is 1. The molecule has 1 aromatic carbocycles. The summed E-state index contributed by atoms with van der Waals surface area (Å²) < 4.78 is 2.07. The molecule has 0 aliphatic heterocycles. The Kier molecular flexibility index (Phi) is 4.53. The van der Waals surface area contributed by atoms with Gasteiger partial charge in [0.25, 0.3) is 5.91 Å². The summed E-state index contributed by atoms with van der Waals surface area (Å²) in [5.41, 5.74) is 6.95. The van der Waals surface area contributed by atoms with Gasteiger partial charge in [-0.15, -0.1) is 0 Å². The van der Waals surface area contributed by atoms with E-state index in [4.69, 9.17) is 0 Å². The van der Waals surface area contributed by atoms with Gasteiger partial charge in [0.1, 0.15) is 5.69 Å². The monoisotopic (exact) mass is 379 g/mol. The van der Waals surface area contributed by atoms with Crippen LogP contribution in [0.15, 0.2) is 41.4 Å². The molecule has 138 valence electrons. The van der Waals surface area contributed by atoms with Crippen LogP contribution in [0.4, 0.5) is 0 Å². The molecule has 0 aliphatic carbocycles. The highest BCUT2D eigenvalue weighted by Crippen LogP contribution is 2.19. The third-order valence-corrected chi connectivity index (χ3v) is 5.51. The Hall–Kier alpha value is -2.93. The number of fused-ring (bicyclic) bond motifs is 1. The van der Waals surface area contributed by atoms with Crippen LogP contribution in [0.25, 0.3) is 11.0 Å². The van der Waals surface area contributed by atoms with E-state index < -0.39 is 0 Å². The lowest BCUT2D eigenvalue weighted by molar-refractivity contribution is 0.0779. The van der Waals surface area contributed by atoms with Gasteiger partial charge in [0, 0.05) is 13.6 Å². The zero-order valence-corrected chi connectivity index (χ0v) is 16.4. The average Bonchev–Trinajstić information content (AvgIpc) is 3.38. The first-order chi connectivity index (χ1) is 13.0. The maximum Gasteiger partial charge on any atom is 0.274 e. The van der Waals surface area contributed by atoms with Crippen molar-refractivity contribution in [2.45, 2.75) is 26.9 Å². The average molecular weight is 379 g/mol. The number of carbonyl (C=O) groups is 1. The van der Waals surface area contributed by atoms with E-state index >= 15 is 0 Å². The first-order valence-corrected chi connectivity index (χ1v) is 9.68. The summed E-state index contributed by atoms with van der Waals surface area (Å²) >= 11 is 1.63. The summed E-state index contributed by atoms with van der Waals surface area (Å²) in [6.07, 6.45) is 1.83. The Bertz CT molecular complexity index is 1090. The molecule has 0 spiro atoms. The highest BCUT2D eigenvalue weighted by Gasteiger charge is 2.16. The number of imidazole rings is 1. The Labute approximate surface area is 161 Å². The Morgan fingerprint density at radius 1 is 1.26 bits per heavy atom. The molecule has 0 saturated carbocycles. The minimum absolute atomic E-state index is 0.0920. The normalized spacial score (nSPS) is 11.2. The van der Waals surface area contributed by atoms with Crippen LogP contribution in [0.3, 0.4) is 0 Å². The van der Waals surface area contributed by atoms with Crippen molar-refractivity contribution in [1.82, 2.24) is 24.6 Å². The first kappa shape index (κ1) is 17.5. The molecule has 4 rings (SSSR count). The number of rotatable bonds is 5. The number of amides is 1. The van der Waals surface area contributed by atoms with Gasteiger partial charge in [-0.05, 0) is 65.6 Å². The van der Waals surface area contributed by atoms with E-state index in [0.717, 1.165) is 22.3 Å². The van der Waals surface area contributed by atoms with E-state index in [1.807, 2.05) is 29.2 Å². The SMILES string of the molecule is Cc1cc2ncn(Cc3cc(C(=O)N(C)Cc4ccsc4)n[nH]3)c2cc1C. The van der Waals surface area contributed by atoms with E-state index in [1.165, 1.54) is 11.1 Å². The van der Waals surface area contributed by atoms with Gasteiger partial charge < -0.3 is 9.47 Å². The molecule has 0 bridgehead atoms. The number of thiophene rings is 1. The van der Waals surface area contributed by atoms with Gasteiger partial charge in [-0.1, -0.05) is 0 Å². The molecule has 0 fully saturated rings. The summed E-state index contributed by atoms with van der Waals surface area (Å²) in [6, 6.07) is 8.09. The molecule has 0 radical (unpaired) electrons. The number of hydrogen-bond acceptors (Lipinski definition) is 4. The van der Waals surface area contributed by atoms with Gasteiger partial charge in [-0.3, -0.25) is 9.89 Å². The van der Waals surface area contributed by atoms with Crippen molar-refractivity contribution in [2.75, 3.05) is 7.05 Å². The Morgan fingerprint density at radius 3 is 2.85 bits per heavy atom. The molecule has 6 nitrogen and oxygen atoms in total. The summed E-state index contributed by atoms with van der Waals surface area (Å²) in [5.74, 6) is -0.0920. The van der Waals surface area contributed by atoms with E-state index in [9.17, 15) is 4.79 Å². The minimum Gasteiger partial charge on any atom is -0.336 e. The molecule has 3 heterocycles. The molecular formula is C20H21N5OS. The van der Waals surface area contributed by atoms with E-state index in [2.05, 4.69) is 45.7 Å². The molecule has 27 heavy (non-hydrogen) atoms. The number of nitrogens with one attached hydrogen (secondary N) is 1. The van der Waals surface area contributed by atoms with Crippen molar-refractivity contribution in [3.05, 3.63) is 69.4 Å². The van der Waals surface area contributed by atoms with Crippen LogP contribution in [-0.4, -0.2) is 37.6 Å². The van der Waals surface area contributed by atoms with Crippen molar-refractivity contribution >= 4 is 28.3 Å². The lowest BCUT2D eigenvalue weighted by Gasteiger charge is -2.14. The molecule has 0 unspecified atom stereocenters. The van der Waals surface area contributed by atoms with Crippen LogP contribution < -0.4 is 0 Å². The third kappa shape index (κ3) is 3.50. The van der Waals surface area contributed by atoms with Crippen LogP contribution in [-0.2, 0) is 13.1 Å².